The van der Waals surface area contributed by atoms with Crippen LogP contribution in [0.15, 0.2) is 18.3 Å². The zero-order valence-electron chi connectivity index (χ0n) is 9.45. The molecule has 18 heavy (non-hydrogen) atoms. The first-order valence-electron chi connectivity index (χ1n) is 5.05. The van der Waals surface area contributed by atoms with Crippen LogP contribution in [0.2, 0.25) is 0 Å². The fraction of sp³-hybridized carbons (Fsp3) is 0.200. The largest absolute Gasteiger partial charge is 0.480 e. The van der Waals surface area contributed by atoms with Crippen molar-refractivity contribution in [2.75, 3.05) is 5.32 Å². The van der Waals surface area contributed by atoms with Crippen molar-refractivity contribution in [3.8, 4) is 0 Å². The van der Waals surface area contributed by atoms with E-state index in [4.69, 9.17) is 5.11 Å². The molecule has 2 aromatic heterocycles. The maximum absolute atomic E-state index is 11.9. The average Bonchev–Trinajstić information content (AvgIpc) is 2.87. The number of carboxylic acid groups (broad SMARTS) is 1. The second-order valence-electron chi connectivity index (χ2n) is 3.52. The van der Waals surface area contributed by atoms with Gasteiger partial charge in [0.1, 0.15) is 18.1 Å². The number of aliphatic carboxylic acids is 1. The van der Waals surface area contributed by atoms with Crippen molar-refractivity contribution in [2.45, 2.75) is 13.5 Å². The quantitative estimate of drug-likeness (QED) is 0.860. The van der Waals surface area contributed by atoms with E-state index in [9.17, 15) is 9.59 Å². The van der Waals surface area contributed by atoms with E-state index in [1.807, 2.05) is 0 Å². The summed E-state index contributed by atoms with van der Waals surface area (Å²) in [5, 5.41) is 11.7. The van der Waals surface area contributed by atoms with Crippen molar-refractivity contribution in [1.82, 2.24) is 13.9 Å². The first-order valence-corrected chi connectivity index (χ1v) is 5.82. The van der Waals surface area contributed by atoms with Gasteiger partial charge in [-0.2, -0.15) is 4.37 Å². The van der Waals surface area contributed by atoms with Gasteiger partial charge >= 0.3 is 5.97 Å². The molecule has 94 valence electrons. The second-order valence-corrected chi connectivity index (χ2v) is 4.27. The molecule has 7 nitrogen and oxygen atoms in total. The highest BCUT2D eigenvalue weighted by Crippen LogP contribution is 2.12. The van der Waals surface area contributed by atoms with Gasteiger partial charge in [0, 0.05) is 17.7 Å². The number of rotatable bonds is 4. The highest BCUT2D eigenvalue weighted by atomic mass is 32.1. The summed E-state index contributed by atoms with van der Waals surface area (Å²) < 4.78 is 5.29. The number of carbonyl (C=O) groups is 2. The minimum absolute atomic E-state index is 0.259. The molecule has 2 aromatic rings. The number of carboxylic acids is 1. The van der Waals surface area contributed by atoms with Crippen LogP contribution in [0.1, 0.15) is 16.3 Å². The van der Waals surface area contributed by atoms with Gasteiger partial charge in [0.2, 0.25) is 5.13 Å². The maximum atomic E-state index is 11.9. The van der Waals surface area contributed by atoms with E-state index in [0.29, 0.717) is 11.0 Å². The lowest BCUT2D eigenvalue weighted by atomic mass is 10.4. The predicted molar refractivity (Wildman–Crippen MR) is 64.7 cm³/mol. The van der Waals surface area contributed by atoms with Gasteiger partial charge < -0.3 is 9.67 Å². The Balaban J connectivity index is 2.14. The fourth-order valence-electron chi connectivity index (χ4n) is 1.41. The molecule has 0 radical (unpaired) electrons. The molecule has 0 aliphatic rings. The Morgan fingerprint density at radius 2 is 2.33 bits per heavy atom. The molecule has 0 aromatic carbocycles. The standard InChI is InChI=1S/C10H10N4O3S/c1-6-11-10(18-13-6)12-9(17)7-3-2-4-14(7)5-8(15)16/h2-4H,5H2,1H3,(H,15,16)(H,11,12,13,17). The third-order valence-corrected chi connectivity index (χ3v) is 2.84. The predicted octanol–water partition coefficient (Wildman–Crippen LogP) is 0.985. The van der Waals surface area contributed by atoms with Crippen LogP contribution in [0.5, 0.6) is 0 Å². The molecule has 0 bridgehead atoms. The zero-order valence-corrected chi connectivity index (χ0v) is 10.3. The first-order chi connectivity index (χ1) is 8.56. The van der Waals surface area contributed by atoms with E-state index >= 15 is 0 Å². The van der Waals surface area contributed by atoms with Crippen molar-refractivity contribution in [3.63, 3.8) is 0 Å². The normalized spacial score (nSPS) is 10.3. The minimum atomic E-state index is -1.01. The summed E-state index contributed by atoms with van der Waals surface area (Å²) in [7, 11) is 0. The fourth-order valence-corrected chi connectivity index (χ4v) is 1.98. The van der Waals surface area contributed by atoms with E-state index in [-0.39, 0.29) is 12.2 Å². The van der Waals surface area contributed by atoms with Crippen molar-refractivity contribution in [3.05, 3.63) is 29.8 Å². The number of aromatic nitrogens is 3. The summed E-state index contributed by atoms with van der Waals surface area (Å²) >= 11 is 1.08. The van der Waals surface area contributed by atoms with Crippen LogP contribution in [-0.4, -0.2) is 30.9 Å². The van der Waals surface area contributed by atoms with Crippen molar-refractivity contribution >= 4 is 28.5 Å². The Morgan fingerprint density at radius 1 is 1.56 bits per heavy atom. The molecule has 0 fully saturated rings. The van der Waals surface area contributed by atoms with E-state index in [0.717, 1.165) is 11.5 Å². The number of amides is 1. The Bertz CT molecular complexity index is 589. The molecule has 0 spiro atoms. The van der Waals surface area contributed by atoms with Crippen LogP contribution in [0.3, 0.4) is 0 Å². The lowest BCUT2D eigenvalue weighted by molar-refractivity contribution is -0.137. The topological polar surface area (TPSA) is 97.1 Å². The summed E-state index contributed by atoms with van der Waals surface area (Å²) in [6.45, 7) is 1.46. The average molecular weight is 266 g/mol. The molecule has 0 atom stereocenters. The third-order valence-electron chi connectivity index (χ3n) is 2.12. The van der Waals surface area contributed by atoms with Crippen LogP contribution < -0.4 is 5.32 Å². The highest BCUT2D eigenvalue weighted by molar-refractivity contribution is 7.09. The highest BCUT2D eigenvalue weighted by Gasteiger charge is 2.14. The Kier molecular flexibility index (Phi) is 3.38. The van der Waals surface area contributed by atoms with Crippen LogP contribution in [-0.2, 0) is 11.3 Å². The van der Waals surface area contributed by atoms with Gasteiger partial charge in [-0.05, 0) is 19.1 Å². The first kappa shape index (κ1) is 12.2. The molecule has 8 heteroatoms. The number of nitrogens with zero attached hydrogens (tertiary/aromatic N) is 3. The van der Waals surface area contributed by atoms with Gasteiger partial charge in [-0.3, -0.25) is 14.9 Å². The third kappa shape index (κ3) is 2.72. The number of anilines is 1. The van der Waals surface area contributed by atoms with Gasteiger partial charge in [-0.1, -0.05) is 0 Å². The van der Waals surface area contributed by atoms with Crippen molar-refractivity contribution in [2.24, 2.45) is 0 Å². The van der Waals surface area contributed by atoms with Crippen LogP contribution >= 0.6 is 11.5 Å². The van der Waals surface area contributed by atoms with Crippen molar-refractivity contribution < 1.29 is 14.7 Å². The molecule has 2 N–H and O–H groups in total. The maximum Gasteiger partial charge on any atom is 0.323 e. The van der Waals surface area contributed by atoms with Gasteiger partial charge in [0.25, 0.3) is 5.91 Å². The monoisotopic (exact) mass is 266 g/mol. The number of aryl methyl sites for hydroxylation is 1. The summed E-state index contributed by atoms with van der Waals surface area (Å²) in [4.78, 5) is 26.5. The van der Waals surface area contributed by atoms with Crippen LogP contribution in [0, 0.1) is 6.92 Å². The molecule has 0 saturated heterocycles. The van der Waals surface area contributed by atoms with E-state index < -0.39 is 11.9 Å². The van der Waals surface area contributed by atoms with Crippen LogP contribution in [0.25, 0.3) is 0 Å². The minimum Gasteiger partial charge on any atom is -0.480 e. The van der Waals surface area contributed by atoms with Gasteiger partial charge in [-0.25, -0.2) is 4.98 Å². The molecule has 1 amide bonds. The molecule has 0 unspecified atom stereocenters. The summed E-state index contributed by atoms with van der Waals surface area (Å²) in [6, 6.07) is 3.16. The van der Waals surface area contributed by atoms with Gasteiger partial charge in [-0.15, -0.1) is 0 Å². The summed E-state index contributed by atoms with van der Waals surface area (Å²) in [6.07, 6.45) is 1.54. The molecular formula is C10H10N4O3S. The Morgan fingerprint density at radius 3 is 2.94 bits per heavy atom. The lowest BCUT2D eigenvalue weighted by Crippen LogP contribution is -2.19. The number of hydrogen-bond acceptors (Lipinski definition) is 5. The summed E-state index contributed by atoms with van der Waals surface area (Å²) in [5.41, 5.74) is 0.269. The molecule has 0 aliphatic heterocycles. The van der Waals surface area contributed by atoms with Crippen molar-refractivity contribution in [1.29, 1.82) is 0 Å². The summed E-state index contributed by atoms with van der Waals surface area (Å²) in [5.74, 6) is -0.833. The number of nitrogens with one attached hydrogen (secondary N) is 1. The number of carbonyl (C=O) groups excluding carboxylic acids is 1. The van der Waals surface area contributed by atoms with E-state index in [1.165, 1.54) is 10.8 Å². The Hall–Kier alpha value is -2.22. The molecular weight excluding hydrogens is 256 g/mol. The van der Waals surface area contributed by atoms with E-state index in [1.54, 1.807) is 19.1 Å². The SMILES string of the molecule is Cc1nsc(NC(=O)c2cccn2CC(=O)O)n1. The lowest BCUT2D eigenvalue weighted by Gasteiger charge is -2.05. The van der Waals surface area contributed by atoms with E-state index in [2.05, 4.69) is 14.7 Å². The number of hydrogen-bond donors (Lipinski definition) is 2. The molecule has 0 saturated carbocycles. The van der Waals surface area contributed by atoms with Gasteiger partial charge in [0.05, 0.1) is 0 Å². The second kappa shape index (κ2) is 4.96. The van der Waals surface area contributed by atoms with Gasteiger partial charge in [0.15, 0.2) is 0 Å². The zero-order chi connectivity index (χ0) is 13.1. The van der Waals surface area contributed by atoms with Crippen LogP contribution in [0.4, 0.5) is 5.13 Å². The molecule has 2 heterocycles. The molecule has 0 aliphatic carbocycles. The smallest absolute Gasteiger partial charge is 0.323 e. The molecule has 2 rings (SSSR count). The Labute approximate surface area is 106 Å².